The molecule has 40 heavy (non-hydrogen) atoms. The van der Waals surface area contributed by atoms with Gasteiger partial charge in [-0.1, -0.05) is 40.9 Å². The smallest absolute Gasteiger partial charge is 0.257 e. The number of piperazine rings is 1. The Kier molecular flexibility index (Phi) is 9.19. The Balaban J connectivity index is 1.41. The molecular weight excluding hydrogens is 582 g/mol. The van der Waals surface area contributed by atoms with Crippen molar-refractivity contribution in [1.82, 2.24) is 14.8 Å². The highest BCUT2D eigenvalue weighted by atomic mass is 35.5. The molecule has 0 spiro atoms. The predicted octanol–water partition coefficient (Wildman–Crippen LogP) is 4.50. The summed E-state index contributed by atoms with van der Waals surface area (Å²) >= 11 is 19.0. The van der Waals surface area contributed by atoms with Crippen LogP contribution in [0.25, 0.3) is 10.9 Å². The van der Waals surface area contributed by atoms with E-state index in [2.05, 4.69) is 10.2 Å². The maximum Gasteiger partial charge on any atom is 0.257 e. The molecule has 1 saturated carbocycles. The number of benzene rings is 2. The second kappa shape index (κ2) is 12.6. The molecule has 0 radical (unpaired) electrons. The number of aliphatic hydroxyl groups is 1. The number of hydrogen-bond acceptors (Lipinski definition) is 6. The number of carbonyl (C=O) groups is 1. The van der Waals surface area contributed by atoms with E-state index in [1.807, 2.05) is 9.47 Å². The summed E-state index contributed by atoms with van der Waals surface area (Å²) < 4.78 is 22.8. The van der Waals surface area contributed by atoms with Gasteiger partial charge < -0.3 is 24.6 Å². The molecule has 1 aromatic heterocycles. The fraction of sp³-hybridized carbons (Fsp3) is 0.429. The summed E-state index contributed by atoms with van der Waals surface area (Å²) in [7, 11) is 0. The van der Waals surface area contributed by atoms with E-state index in [4.69, 9.17) is 44.6 Å². The average molecular weight is 612 g/mol. The molecule has 0 bridgehead atoms. The van der Waals surface area contributed by atoms with E-state index in [-0.39, 0.29) is 40.9 Å². The minimum absolute atomic E-state index is 0.0100. The highest BCUT2D eigenvalue weighted by molar-refractivity contribution is 6.38. The second-order valence-electron chi connectivity index (χ2n) is 10.0. The van der Waals surface area contributed by atoms with Crippen molar-refractivity contribution in [3.8, 4) is 0 Å². The zero-order valence-electron chi connectivity index (χ0n) is 21.8. The van der Waals surface area contributed by atoms with E-state index in [0.717, 1.165) is 19.4 Å². The van der Waals surface area contributed by atoms with Crippen molar-refractivity contribution in [3.05, 3.63) is 72.7 Å². The predicted molar refractivity (Wildman–Crippen MR) is 156 cm³/mol. The number of aliphatic hydroxyl groups excluding tert-OH is 1. The number of aromatic nitrogens is 1. The molecule has 3 aromatic rings. The number of amides is 1. The third kappa shape index (κ3) is 6.25. The lowest BCUT2D eigenvalue weighted by molar-refractivity contribution is 0.0724. The van der Waals surface area contributed by atoms with Gasteiger partial charge in [-0.05, 0) is 36.6 Å². The van der Waals surface area contributed by atoms with Crippen LogP contribution in [0.5, 0.6) is 0 Å². The largest absolute Gasteiger partial charge is 0.394 e. The molecule has 2 N–H and O–H groups in total. The monoisotopic (exact) mass is 610 g/mol. The Morgan fingerprint density at radius 2 is 1.85 bits per heavy atom. The van der Waals surface area contributed by atoms with Crippen LogP contribution in [0.15, 0.2) is 35.3 Å². The number of nitrogens with one attached hydrogen (secondary N) is 1. The van der Waals surface area contributed by atoms with E-state index < -0.39 is 17.2 Å². The Morgan fingerprint density at radius 1 is 1.10 bits per heavy atom. The van der Waals surface area contributed by atoms with Crippen LogP contribution >= 0.6 is 34.8 Å². The first-order chi connectivity index (χ1) is 19.3. The van der Waals surface area contributed by atoms with E-state index in [9.17, 15) is 9.59 Å². The summed E-state index contributed by atoms with van der Waals surface area (Å²) in [6, 6.07) is 6.24. The minimum atomic E-state index is -0.595. The van der Waals surface area contributed by atoms with Crippen LogP contribution in [0.2, 0.25) is 15.1 Å². The van der Waals surface area contributed by atoms with Gasteiger partial charge in [0.05, 0.1) is 41.4 Å². The lowest BCUT2D eigenvalue weighted by atomic mass is 10.1. The van der Waals surface area contributed by atoms with Crippen molar-refractivity contribution < 1.29 is 19.0 Å². The zero-order chi connectivity index (χ0) is 28.4. The van der Waals surface area contributed by atoms with Gasteiger partial charge in [-0.25, -0.2) is 4.39 Å². The average Bonchev–Trinajstić information content (AvgIpc) is 3.77. The van der Waals surface area contributed by atoms with Gasteiger partial charge in [0.25, 0.3) is 5.91 Å². The van der Waals surface area contributed by atoms with Gasteiger partial charge in [-0.15, -0.1) is 0 Å². The number of hydrogen-bond donors (Lipinski definition) is 2. The summed E-state index contributed by atoms with van der Waals surface area (Å²) in [6.07, 6.45) is 3.29. The molecule has 214 valence electrons. The first-order valence-electron chi connectivity index (χ1n) is 13.2. The molecule has 0 unspecified atom stereocenters. The fourth-order valence-corrected chi connectivity index (χ4v) is 5.90. The number of fused-ring (bicyclic) bond motifs is 1. The van der Waals surface area contributed by atoms with Crippen molar-refractivity contribution >= 4 is 57.3 Å². The molecule has 2 aromatic carbocycles. The van der Waals surface area contributed by atoms with Crippen molar-refractivity contribution in [2.45, 2.75) is 25.4 Å². The summed E-state index contributed by atoms with van der Waals surface area (Å²) in [5.41, 5.74) is 0.715. The van der Waals surface area contributed by atoms with Crippen molar-refractivity contribution in [1.29, 1.82) is 0 Å². The van der Waals surface area contributed by atoms with Gasteiger partial charge in [-0.2, -0.15) is 0 Å². The van der Waals surface area contributed by atoms with E-state index in [1.54, 1.807) is 24.4 Å². The van der Waals surface area contributed by atoms with Crippen LogP contribution in [0.3, 0.4) is 0 Å². The normalized spacial score (nSPS) is 16.1. The number of nitrogens with zero attached hydrogens (tertiary/aromatic N) is 3. The highest BCUT2D eigenvalue weighted by Crippen LogP contribution is 2.42. The Labute approximate surface area is 246 Å². The summed E-state index contributed by atoms with van der Waals surface area (Å²) in [5.74, 6) is -1.17. The number of ether oxygens (including phenoxy) is 1. The minimum Gasteiger partial charge on any atom is -0.394 e. The molecular formula is C28H30Cl3FN4O4. The highest BCUT2D eigenvalue weighted by Gasteiger charge is 2.31. The van der Waals surface area contributed by atoms with E-state index in [0.29, 0.717) is 60.5 Å². The standard InChI is InChI=1S/C28H30Cl3FN4O4/c29-18-2-1-17(22(30)13-18)15-33-28(39)21-16-36(19-3-4-19)25-20(27(21)38)14-23(32)26(24(25)31)35-7-5-34(6-8-35)9-11-40-12-10-37/h1-2,13-14,16,19,37H,3-12,15H2,(H,33,39). The van der Waals surface area contributed by atoms with Crippen LogP contribution < -0.4 is 15.6 Å². The molecule has 1 aliphatic heterocycles. The first kappa shape index (κ1) is 29.1. The van der Waals surface area contributed by atoms with Gasteiger partial charge in [0.1, 0.15) is 11.4 Å². The van der Waals surface area contributed by atoms with Crippen LogP contribution in [0.1, 0.15) is 34.8 Å². The van der Waals surface area contributed by atoms with Crippen molar-refractivity contribution in [2.75, 3.05) is 57.4 Å². The molecule has 2 heterocycles. The number of carbonyl (C=O) groups excluding carboxylic acids is 1. The molecule has 1 aliphatic carbocycles. The summed E-state index contributed by atoms with van der Waals surface area (Å²) in [6.45, 7) is 4.14. The number of anilines is 1. The zero-order valence-corrected chi connectivity index (χ0v) is 24.0. The molecule has 12 heteroatoms. The maximum atomic E-state index is 15.6. The fourth-order valence-electron chi connectivity index (χ4n) is 5.01. The third-order valence-electron chi connectivity index (χ3n) is 7.30. The second-order valence-corrected chi connectivity index (χ2v) is 11.2. The van der Waals surface area contributed by atoms with Gasteiger partial charge in [0.15, 0.2) is 0 Å². The SMILES string of the molecule is O=C(NCc1ccc(Cl)cc1Cl)c1cn(C2CC2)c2c(Cl)c(N3CCN(CCOCCO)CC3)c(F)cc2c1=O. The van der Waals surface area contributed by atoms with Crippen LogP contribution in [-0.4, -0.2) is 73.0 Å². The summed E-state index contributed by atoms with van der Waals surface area (Å²) in [4.78, 5) is 30.7. The molecule has 1 amide bonds. The molecule has 5 rings (SSSR count). The van der Waals surface area contributed by atoms with E-state index in [1.165, 1.54) is 6.07 Å². The van der Waals surface area contributed by atoms with Crippen LogP contribution in [0, 0.1) is 5.82 Å². The lowest BCUT2D eigenvalue weighted by Gasteiger charge is -2.36. The van der Waals surface area contributed by atoms with Crippen LogP contribution in [0.4, 0.5) is 10.1 Å². The maximum absolute atomic E-state index is 15.6. The van der Waals surface area contributed by atoms with Crippen molar-refractivity contribution in [3.63, 3.8) is 0 Å². The van der Waals surface area contributed by atoms with Gasteiger partial charge in [0, 0.05) is 61.6 Å². The van der Waals surface area contributed by atoms with Gasteiger partial charge in [0.2, 0.25) is 5.43 Å². The van der Waals surface area contributed by atoms with E-state index >= 15 is 4.39 Å². The quantitative estimate of drug-likeness (QED) is 0.329. The number of pyridine rings is 1. The summed E-state index contributed by atoms with van der Waals surface area (Å²) in [5, 5.41) is 12.7. The molecule has 2 aliphatic rings. The lowest BCUT2D eigenvalue weighted by Crippen LogP contribution is -2.47. The molecule has 8 nitrogen and oxygen atoms in total. The number of halogens is 4. The molecule has 1 saturated heterocycles. The van der Waals surface area contributed by atoms with Gasteiger partial charge in [-0.3, -0.25) is 14.5 Å². The Bertz CT molecular complexity index is 1470. The third-order valence-corrected chi connectivity index (χ3v) is 8.24. The van der Waals surface area contributed by atoms with Crippen LogP contribution in [-0.2, 0) is 11.3 Å². The van der Waals surface area contributed by atoms with Crippen molar-refractivity contribution in [2.24, 2.45) is 0 Å². The Morgan fingerprint density at radius 3 is 2.52 bits per heavy atom. The van der Waals surface area contributed by atoms with Gasteiger partial charge >= 0.3 is 0 Å². The molecule has 0 atom stereocenters. The Hall–Kier alpha value is -2.40. The first-order valence-corrected chi connectivity index (χ1v) is 14.4. The topological polar surface area (TPSA) is 87.0 Å². The molecule has 2 fully saturated rings. The number of rotatable bonds is 10.